The Hall–Kier alpha value is -3.21. The number of nitro groups is 1. The first-order chi connectivity index (χ1) is 13.5. The SMILES string of the molecule is O=C(CSc1nnc2[nH]c(=O)c3c(n12)CCCC3)Nc1cccc([N+](=O)[O-])c1. The molecule has 0 atom stereocenters. The van der Waals surface area contributed by atoms with Gasteiger partial charge in [-0.15, -0.1) is 10.2 Å². The number of hydrogen-bond acceptors (Lipinski definition) is 7. The molecule has 2 aromatic heterocycles. The monoisotopic (exact) mass is 400 g/mol. The highest BCUT2D eigenvalue weighted by atomic mass is 32.2. The number of carbonyl (C=O) groups excluding carboxylic acids is 1. The molecule has 2 heterocycles. The number of aryl methyl sites for hydroxylation is 1. The Morgan fingerprint density at radius 1 is 1.32 bits per heavy atom. The highest BCUT2D eigenvalue weighted by Gasteiger charge is 2.20. The lowest BCUT2D eigenvalue weighted by Gasteiger charge is -2.16. The molecule has 0 saturated heterocycles. The maximum Gasteiger partial charge on any atom is 0.271 e. The molecule has 0 aliphatic heterocycles. The van der Waals surface area contributed by atoms with Gasteiger partial charge in [-0.3, -0.25) is 29.1 Å². The van der Waals surface area contributed by atoms with Gasteiger partial charge in [0.15, 0.2) is 5.16 Å². The van der Waals surface area contributed by atoms with E-state index in [0.29, 0.717) is 16.6 Å². The van der Waals surface area contributed by atoms with Crippen LogP contribution in [-0.4, -0.2) is 36.2 Å². The topological polar surface area (TPSA) is 135 Å². The van der Waals surface area contributed by atoms with Crippen LogP contribution in [0.3, 0.4) is 0 Å². The molecule has 0 spiro atoms. The number of H-pyrrole nitrogens is 1. The van der Waals surface area contributed by atoms with Gasteiger partial charge in [-0.25, -0.2) is 0 Å². The summed E-state index contributed by atoms with van der Waals surface area (Å²) in [6.07, 6.45) is 3.44. The Labute approximate surface area is 162 Å². The first kappa shape index (κ1) is 18.2. The average molecular weight is 400 g/mol. The molecule has 11 heteroatoms. The summed E-state index contributed by atoms with van der Waals surface area (Å²) in [7, 11) is 0. The van der Waals surface area contributed by atoms with Crippen molar-refractivity contribution in [3.63, 3.8) is 0 Å². The zero-order valence-electron chi connectivity index (χ0n) is 14.7. The number of hydrogen-bond donors (Lipinski definition) is 2. The summed E-state index contributed by atoms with van der Waals surface area (Å²) in [6.45, 7) is 0. The fourth-order valence-electron chi connectivity index (χ4n) is 3.27. The number of benzene rings is 1. The fourth-order valence-corrected chi connectivity index (χ4v) is 4.03. The Bertz CT molecular complexity index is 1140. The molecule has 0 radical (unpaired) electrons. The van der Waals surface area contributed by atoms with Gasteiger partial charge in [-0.2, -0.15) is 0 Å². The van der Waals surface area contributed by atoms with E-state index in [-0.39, 0.29) is 22.9 Å². The number of amides is 1. The van der Waals surface area contributed by atoms with E-state index in [0.717, 1.165) is 36.9 Å². The van der Waals surface area contributed by atoms with Crippen LogP contribution in [0.1, 0.15) is 24.1 Å². The average Bonchev–Trinajstić information content (AvgIpc) is 3.09. The van der Waals surface area contributed by atoms with Crippen molar-refractivity contribution in [1.29, 1.82) is 0 Å². The van der Waals surface area contributed by atoms with Crippen LogP contribution < -0.4 is 10.9 Å². The van der Waals surface area contributed by atoms with Gasteiger partial charge in [0.1, 0.15) is 0 Å². The van der Waals surface area contributed by atoms with E-state index in [1.54, 1.807) is 10.5 Å². The second-order valence-electron chi connectivity index (χ2n) is 6.37. The molecule has 0 saturated carbocycles. The molecule has 1 aliphatic rings. The lowest BCUT2D eigenvalue weighted by Crippen LogP contribution is -2.23. The Morgan fingerprint density at radius 3 is 2.96 bits per heavy atom. The number of thioether (sulfide) groups is 1. The fraction of sp³-hybridized carbons (Fsp3) is 0.294. The van der Waals surface area contributed by atoms with Gasteiger partial charge in [0.25, 0.3) is 11.2 Å². The minimum atomic E-state index is -0.517. The van der Waals surface area contributed by atoms with Crippen LogP contribution in [-0.2, 0) is 17.6 Å². The normalized spacial score (nSPS) is 13.3. The molecule has 1 aliphatic carbocycles. The summed E-state index contributed by atoms with van der Waals surface area (Å²) in [5.41, 5.74) is 1.78. The number of carbonyl (C=O) groups is 1. The predicted octanol–water partition coefficient (Wildman–Crippen LogP) is 1.94. The van der Waals surface area contributed by atoms with Crippen molar-refractivity contribution in [2.75, 3.05) is 11.1 Å². The van der Waals surface area contributed by atoms with Crippen molar-refractivity contribution < 1.29 is 9.72 Å². The number of rotatable bonds is 5. The highest BCUT2D eigenvalue weighted by molar-refractivity contribution is 7.99. The van der Waals surface area contributed by atoms with Gasteiger partial charge in [0.2, 0.25) is 11.7 Å². The molecule has 0 bridgehead atoms. The smallest absolute Gasteiger partial charge is 0.271 e. The molecule has 28 heavy (non-hydrogen) atoms. The molecule has 2 N–H and O–H groups in total. The van der Waals surface area contributed by atoms with Gasteiger partial charge >= 0.3 is 0 Å². The molecule has 1 aromatic carbocycles. The third-order valence-electron chi connectivity index (χ3n) is 4.51. The van der Waals surface area contributed by atoms with Crippen molar-refractivity contribution in [2.45, 2.75) is 30.8 Å². The van der Waals surface area contributed by atoms with Crippen LogP contribution in [0.2, 0.25) is 0 Å². The van der Waals surface area contributed by atoms with Gasteiger partial charge in [0, 0.05) is 29.1 Å². The lowest BCUT2D eigenvalue weighted by molar-refractivity contribution is -0.384. The van der Waals surface area contributed by atoms with Crippen molar-refractivity contribution >= 4 is 34.8 Å². The van der Waals surface area contributed by atoms with Crippen molar-refractivity contribution in [2.24, 2.45) is 0 Å². The minimum Gasteiger partial charge on any atom is -0.325 e. The van der Waals surface area contributed by atoms with Crippen LogP contribution in [0, 0.1) is 10.1 Å². The van der Waals surface area contributed by atoms with Crippen molar-refractivity contribution in [3.8, 4) is 0 Å². The van der Waals surface area contributed by atoms with Crippen molar-refractivity contribution in [1.82, 2.24) is 19.6 Å². The molecule has 1 amide bonds. The number of non-ortho nitro benzene ring substituents is 1. The number of anilines is 1. The largest absolute Gasteiger partial charge is 0.325 e. The maximum absolute atomic E-state index is 12.3. The summed E-state index contributed by atoms with van der Waals surface area (Å²) in [5.74, 6) is 0.102. The summed E-state index contributed by atoms with van der Waals surface area (Å²) in [6, 6.07) is 5.76. The number of aromatic amines is 1. The number of fused-ring (bicyclic) bond motifs is 3. The molecule has 0 unspecified atom stereocenters. The number of nitrogens with zero attached hydrogens (tertiary/aromatic N) is 4. The van der Waals surface area contributed by atoms with Crippen LogP contribution in [0.5, 0.6) is 0 Å². The third-order valence-corrected chi connectivity index (χ3v) is 5.44. The maximum atomic E-state index is 12.3. The van der Waals surface area contributed by atoms with E-state index in [4.69, 9.17) is 0 Å². The van der Waals surface area contributed by atoms with E-state index >= 15 is 0 Å². The van der Waals surface area contributed by atoms with Crippen LogP contribution in [0.15, 0.2) is 34.2 Å². The second-order valence-corrected chi connectivity index (χ2v) is 7.31. The van der Waals surface area contributed by atoms with Gasteiger partial charge < -0.3 is 5.32 Å². The van der Waals surface area contributed by atoms with E-state index in [1.807, 2.05) is 0 Å². The lowest BCUT2D eigenvalue weighted by atomic mass is 9.97. The molecular formula is C17H16N6O4S. The Balaban J connectivity index is 1.51. The predicted molar refractivity (Wildman–Crippen MR) is 103 cm³/mol. The summed E-state index contributed by atoms with van der Waals surface area (Å²) in [5, 5.41) is 22.1. The summed E-state index contributed by atoms with van der Waals surface area (Å²) < 4.78 is 1.81. The number of nitrogens with one attached hydrogen (secondary N) is 2. The first-order valence-electron chi connectivity index (χ1n) is 8.69. The summed E-state index contributed by atoms with van der Waals surface area (Å²) >= 11 is 1.19. The van der Waals surface area contributed by atoms with E-state index in [2.05, 4.69) is 20.5 Å². The molecule has 144 valence electrons. The first-order valence-corrected chi connectivity index (χ1v) is 9.68. The van der Waals surface area contributed by atoms with Crippen LogP contribution >= 0.6 is 11.8 Å². The van der Waals surface area contributed by atoms with Gasteiger partial charge in [-0.1, -0.05) is 17.8 Å². The highest BCUT2D eigenvalue weighted by Crippen LogP contribution is 2.24. The van der Waals surface area contributed by atoms with E-state index in [9.17, 15) is 19.7 Å². The number of aromatic nitrogens is 4. The van der Waals surface area contributed by atoms with Crippen molar-refractivity contribution in [3.05, 3.63) is 56.0 Å². The molecular weight excluding hydrogens is 384 g/mol. The Kier molecular flexibility index (Phi) is 4.82. The number of nitro benzene ring substituents is 1. The van der Waals surface area contributed by atoms with E-state index < -0.39 is 4.92 Å². The van der Waals surface area contributed by atoms with Crippen LogP contribution in [0.4, 0.5) is 11.4 Å². The molecule has 3 aromatic rings. The molecule has 10 nitrogen and oxygen atoms in total. The molecule has 0 fully saturated rings. The summed E-state index contributed by atoms with van der Waals surface area (Å²) in [4.78, 5) is 37.5. The molecule has 4 rings (SSSR count). The zero-order valence-corrected chi connectivity index (χ0v) is 15.5. The van der Waals surface area contributed by atoms with Gasteiger partial charge in [0.05, 0.1) is 10.7 Å². The minimum absolute atomic E-state index is 0.0530. The zero-order chi connectivity index (χ0) is 19.7. The second kappa shape index (κ2) is 7.43. The third kappa shape index (κ3) is 3.48. The van der Waals surface area contributed by atoms with Crippen LogP contribution in [0.25, 0.3) is 5.78 Å². The Morgan fingerprint density at radius 2 is 2.14 bits per heavy atom. The standard InChI is InChI=1S/C17H16N6O4S/c24-14(18-10-4-3-5-11(8-10)23(26)27)9-28-17-21-20-16-19-15(25)12-6-1-2-7-13(12)22(16)17/h3-5,8H,1-2,6-7,9H2,(H,18,24)(H,19,20,25). The van der Waals surface area contributed by atoms with E-state index in [1.165, 1.54) is 30.0 Å². The quantitative estimate of drug-likeness (QED) is 0.379. The van der Waals surface area contributed by atoms with Gasteiger partial charge in [-0.05, 0) is 31.7 Å².